The molecule has 0 radical (unpaired) electrons. The molecule has 0 aliphatic carbocycles. The van der Waals surface area contributed by atoms with Crippen molar-refractivity contribution in [2.24, 2.45) is 0 Å². The molecule has 0 bridgehead atoms. The predicted octanol–water partition coefficient (Wildman–Crippen LogP) is 2.63. The van der Waals surface area contributed by atoms with Crippen molar-refractivity contribution in [1.82, 2.24) is 4.31 Å². The van der Waals surface area contributed by atoms with Crippen molar-refractivity contribution in [3.8, 4) is 11.5 Å². The second-order valence-electron chi connectivity index (χ2n) is 6.19. The number of nitrogens with zero attached hydrogens (tertiary/aromatic N) is 1. The minimum atomic E-state index is -3.80. The van der Waals surface area contributed by atoms with Crippen molar-refractivity contribution in [2.45, 2.75) is 4.90 Å². The summed E-state index contributed by atoms with van der Waals surface area (Å²) in [5.41, 5.74) is 0.635. The zero-order chi connectivity index (χ0) is 21.0. The average molecular weight is 441 g/mol. The Labute approximate surface area is 174 Å². The van der Waals surface area contributed by atoms with Gasteiger partial charge in [0.1, 0.15) is 4.90 Å². The van der Waals surface area contributed by atoms with Crippen LogP contribution in [0.4, 0.5) is 5.69 Å². The third-order valence-corrected chi connectivity index (χ3v) is 6.80. The summed E-state index contributed by atoms with van der Waals surface area (Å²) in [4.78, 5) is 12.5. The van der Waals surface area contributed by atoms with E-state index in [0.29, 0.717) is 36.0 Å². The number of methoxy groups -OCH3 is 2. The molecule has 29 heavy (non-hydrogen) atoms. The van der Waals surface area contributed by atoms with Crippen molar-refractivity contribution >= 4 is 33.2 Å². The first-order chi connectivity index (χ1) is 13.9. The van der Waals surface area contributed by atoms with E-state index in [4.69, 9.17) is 25.8 Å². The molecule has 1 amide bonds. The lowest BCUT2D eigenvalue weighted by Gasteiger charge is -2.26. The van der Waals surface area contributed by atoms with E-state index in [0.717, 1.165) is 0 Å². The molecule has 2 aromatic rings. The highest BCUT2D eigenvalue weighted by atomic mass is 35.5. The topological polar surface area (TPSA) is 94.2 Å². The standard InChI is InChI=1S/C19H21ClN2O6S/c1-26-16-6-3-13(11-17(16)27-2)19(23)21-14-4-5-15(20)18(12-14)29(24,25)22-7-9-28-10-8-22/h3-6,11-12H,7-10H2,1-2H3,(H,21,23). The van der Waals surface area contributed by atoms with Crippen molar-refractivity contribution in [3.63, 3.8) is 0 Å². The minimum absolute atomic E-state index is 0.0637. The SMILES string of the molecule is COc1ccc(C(=O)Nc2ccc(Cl)c(S(=O)(=O)N3CCOCC3)c2)cc1OC. The van der Waals surface area contributed by atoms with E-state index in [1.165, 1.54) is 36.7 Å². The summed E-state index contributed by atoms with van der Waals surface area (Å²) in [6.07, 6.45) is 0. The maximum absolute atomic E-state index is 12.9. The number of carbonyl (C=O) groups is 1. The number of carbonyl (C=O) groups excluding carboxylic acids is 1. The van der Waals surface area contributed by atoms with Crippen LogP contribution in [0, 0.1) is 0 Å². The van der Waals surface area contributed by atoms with Gasteiger partial charge in [-0.3, -0.25) is 4.79 Å². The summed E-state index contributed by atoms with van der Waals surface area (Å²) in [6.45, 7) is 1.15. The number of benzene rings is 2. The van der Waals surface area contributed by atoms with Gasteiger partial charge >= 0.3 is 0 Å². The highest BCUT2D eigenvalue weighted by molar-refractivity contribution is 7.89. The van der Waals surface area contributed by atoms with Crippen molar-refractivity contribution in [3.05, 3.63) is 47.0 Å². The van der Waals surface area contributed by atoms with Gasteiger partial charge < -0.3 is 19.5 Å². The fraction of sp³-hybridized carbons (Fsp3) is 0.316. The zero-order valence-corrected chi connectivity index (χ0v) is 17.5. The summed E-state index contributed by atoms with van der Waals surface area (Å²) in [7, 11) is -0.826. The zero-order valence-electron chi connectivity index (χ0n) is 16.0. The van der Waals surface area contributed by atoms with Crippen LogP contribution in [-0.2, 0) is 14.8 Å². The second kappa shape index (κ2) is 9.00. The van der Waals surface area contributed by atoms with E-state index in [9.17, 15) is 13.2 Å². The summed E-state index contributed by atoms with van der Waals surface area (Å²) >= 11 is 6.15. The molecule has 2 aromatic carbocycles. The first kappa shape index (κ1) is 21.4. The van der Waals surface area contributed by atoms with E-state index in [1.807, 2.05) is 0 Å². The van der Waals surface area contributed by atoms with Gasteiger partial charge in [0.15, 0.2) is 11.5 Å². The van der Waals surface area contributed by atoms with Crippen LogP contribution in [0.5, 0.6) is 11.5 Å². The van der Waals surface area contributed by atoms with E-state index in [2.05, 4.69) is 5.32 Å². The van der Waals surface area contributed by atoms with Crippen LogP contribution in [0.25, 0.3) is 0 Å². The quantitative estimate of drug-likeness (QED) is 0.742. The number of morpholine rings is 1. The van der Waals surface area contributed by atoms with Crippen LogP contribution >= 0.6 is 11.6 Å². The Balaban J connectivity index is 1.85. The number of nitrogens with one attached hydrogen (secondary N) is 1. The Bertz CT molecular complexity index is 1010. The molecule has 0 spiro atoms. The van der Waals surface area contributed by atoms with Crippen molar-refractivity contribution in [1.29, 1.82) is 0 Å². The molecule has 10 heteroatoms. The number of hydrogen-bond donors (Lipinski definition) is 1. The molecule has 0 aromatic heterocycles. The third-order valence-electron chi connectivity index (χ3n) is 4.42. The molecule has 156 valence electrons. The Kier molecular flexibility index (Phi) is 6.63. The number of amides is 1. The van der Waals surface area contributed by atoms with E-state index < -0.39 is 15.9 Å². The van der Waals surface area contributed by atoms with Gasteiger partial charge in [0, 0.05) is 24.3 Å². The van der Waals surface area contributed by atoms with Crippen LogP contribution in [0.1, 0.15) is 10.4 Å². The van der Waals surface area contributed by atoms with Gasteiger partial charge in [0.2, 0.25) is 10.0 Å². The Hall–Kier alpha value is -2.33. The van der Waals surface area contributed by atoms with E-state index >= 15 is 0 Å². The lowest BCUT2D eigenvalue weighted by Crippen LogP contribution is -2.40. The van der Waals surface area contributed by atoms with Crippen molar-refractivity contribution in [2.75, 3.05) is 45.8 Å². The summed E-state index contributed by atoms with van der Waals surface area (Å²) in [6, 6.07) is 9.07. The number of hydrogen-bond acceptors (Lipinski definition) is 6. The molecule has 0 saturated carbocycles. The van der Waals surface area contributed by atoms with Gasteiger partial charge in [-0.15, -0.1) is 0 Å². The van der Waals surface area contributed by atoms with Gasteiger partial charge in [-0.25, -0.2) is 8.42 Å². The molecule has 8 nitrogen and oxygen atoms in total. The molecule has 1 heterocycles. The molecule has 1 fully saturated rings. The average Bonchev–Trinajstić information content (AvgIpc) is 2.75. The van der Waals surface area contributed by atoms with Gasteiger partial charge in [0.25, 0.3) is 5.91 Å². The number of halogens is 1. The monoisotopic (exact) mass is 440 g/mol. The molecule has 0 unspecified atom stereocenters. The van der Waals surface area contributed by atoms with Crippen LogP contribution < -0.4 is 14.8 Å². The predicted molar refractivity (Wildman–Crippen MR) is 109 cm³/mol. The molecular weight excluding hydrogens is 420 g/mol. The highest BCUT2D eigenvalue weighted by Crippen LogP contribution is 2.30. The van der Waals surface area contributed by atoms with Gasteiger partial charge in [0.05, 0.1) is 32.5 Å². The first-order valence-corrected chi connectivity index (χ1v) is 10.6. The van der Waals surface area contributed by atoms with Gasteiger partial charge in [-0.2, -0.15) is 4.31 Å². The lowest BCUT2D eigenvalue weighted by molar-refractivity contribution is 0.0730. The van der Waals surface area contributed by atoms with Crippen LogP contribution in [0.3, 0.4) is 0 Å². The molecule has 0 atom stereocenters. The molecule has 3 rings (SSSR count). The molecule has 1 saturated heterocycles. The van der Waals surface area contributed by atoms with Crippen molar-refractivity contribution < 1.29 is 27.4 Å². The minimum Gasteiger partial charge on any atom is -0.493 e. The number of rotatable bonds is 6. The summed E-state index contributed by atoms with van der Waals surface area (Å²) in [5.74, 6) is 0.476. The number of ether oxygens (including phenoxy) is 3. The van der Waals surface area contributed by atoms with Gasteiger partial charge in [-0.05, 0) is 36.4 Å². The van der Waals surface area contributed by atoms with Crippen LogP contribution in [0.2, 0.25) is 5.02 Å². The van der Waals surface area contributed by atoms with Gasteiger partial charge in [-0.1, -0.05) is 11.6 Å². The second-order valence-corrected chi connectivity index (χ2v) is 8.50. The first-order valence-electron chi connectivity index (χ1n) is 8.77. The largest absolute Gasteiger partial charge is 0.493 e. The Morgan fingerprint density at radius 2 is 1.76 bits per heavy atom. The summed E-state index contributed by atoms with van der Waals surface area (Å²) in [5, 5.41) is 2.77. The third kappa shape index (κ3) is 4.64. The molecule has 1 aliphatic rings. The van der Waals surface area contributed by atoms with E-state index in [1.54, 1.807) is 18.2 Å². The maximum atomic E-state index is 12.9. The van der Waals surface area contributed by atoms with E-state index in [-0.39, 0.29) is 23.0 Å². The van der Waals surface area contributed by atoms with Crippen LogP contribution in [-0.4, -0.2) is 59.2 Å². The molecular formula is C19H21ClN2O6S. The fourth-order valence-corrected chi connectivity index (χ4v) is 4.79. The smallest absolute Gasteiger partial charge is 0.255 e. The summed E-state index contributed by atoms with van der Waals surface area (Å²) < 4.78 is 42.7. The molecule has 1 N–H and O–H groups in total. The fourth-order valence-electron chi connectivity index (χ4n) is 2.89. The number of sulfonamides is 1. The maximum Gasteiger partial charge on any atom is 0.255 e. The highest BCUT2D eigenvalue weighted by Gasteiger charge is 2.28. The Morgan fingerprint density at radius 3 is 2.41 bits per heavy atom. The Morgan fingerprint density at radius 1 is 1.07 bits per heavy atom. The van der Waals surface area contributed by atoms with Crippen LogP contribution in [0.15, 0.2) is 41.3 Å². The molecule has 1 aliphatic heterocycles. The lowest BCUT2D eigenvalue weighted by atomic mass is 10.2. The number of anilines is 1. The normalized spacial score (nSPS) is 15.0.